The highest BCUT2D eigenvalue weighted by Gasteiger charge is 1.94. The molecule has 1 aromatic carbocycles. The van der Waals surface area contributed by atoms with E-state index in [1.54, 1.807) is 0 Å². The van der Waals surface area contributed by atoms with Crippen LogP contribution in [0.1, 0.15) is 32.6 Å². The largest absolute Gasteiger partial charge is 0.317 e. The van der Waals surface area contributed by atoms with Crippen molar-refractivity contribution in [2.75, 3.05) is 58.1 Å². The average molecular weight is 367 g/mol. The van der Waals surface area contributed by atoms with E-state index >= 15 is 0 Å². The normalized spacial score (nSPS) is 11.1. The first-order valence-electron chi connectivity index (χ1n) is 9.94. The lowest BCUT2D eigenvalue weighted by molar-refractivity contribution is 0.552. The van der Waals surface area contributed by atoms with Crippen LogP contribution in [0.3, 0.4) is 0 Å². The highest BCUT2D eigenvalue weighted by Crippen LogP contribution is 2.15. The number of hydrogen-bond acceptors (Lipinski definition) is 5. The van der Waals surface area contributed by atoms with E-state index in [0.717, 1.165) is 58.1 Å². The topological polar surface area (TPSA) is 48.1 Å². The monoisotopic (exact) mass is 366 g/mol. The number of thioether (sulfide) groups is 1. The number of benzene rings is 1. The van der Waals surface area contributed by atoms with Gasteiger partial charge in [0.2, 0.25) is 0 Å². The Morgan fingerprint density at radius 1 is 0.640 bits per heavy atom. The van der Waals surface area contributed by atoms with Crippen LogP contribution in [-0.2, 0) is 0 Å². The molecule has 0 aromatic heterocycles. The summed E-state index contributed by atoms with van der Waals surface area (Å²) in [6.07, 6.45) is 4.96. The lowest BCUT2D eigenvalue weighted by atomic mass is 10.3. The SMILES string of the molecule is CCNCCCNCCCCNCCCNCCSc1ccccc1. The van der Waals surface area contributed by atoms with Gasteiger partial charge >= 0.3 is 0 Å². The summed E-state index contributed by atoms with van der Waals surface area (Å²) in [7, 11) is 0. The molecule has 0 bridgehead atoms. The van der Waals surface area contributed by atoms with Crippen molar-refractivity contribution in [3.63, 3.8) is 0 Å². The van der Waals surface area contributed by atoms with Crippen molar-refractivity contribution in [2.24, 2.45) is 0 Å². The minimum absolute atomic E-state index is 1.08. The van der Waals surface area contributed by atoms with Crippen LogP contribution in [0, 0.1) is 0 Å². The summed E-state index contributed by atoms with van der Waals surface area (Å²) < 4.78 is 0. The zero-order valence-electron chi connectivity index (χ0n) is 16.0. The van der Waals surface area contributed by atoms with Crippen molar-refractivity contribution >= 4 is 11.8 Å². The standard InChI is InChI=1S/C20H38N4S/c1-2-21-14-8-15-22-12-6-7-13-23-16-9-17-24-18-19-25-20-10-4-3-5-11-20/h3-5,10-11,21-24H,2,6-9,12-19H2,1H3. The van der Waals surface area contributed by atoms with Crippen LogP contribution >= 0.6 is 11.8 Å². The van der Waals surface area contributed by atoms with Gasteiger partial charge in [0.25, 0.3) is 0 Å². The van der Waals surface area contributed by atoms with Crippen molar-refractivity contribution in [3.8, 4) is 0 Å². The van der Waals surface area contributed by atoms with Gasteiger partial charge < -0.3 is 21.3 Å². The first-order chi connectivity index (χ1) is 12.4. The molecule has 5 heteroatoms. The second-order valence-electron chi connectivity index (χ2n) is 6.18. The minimum atomic E-state index is 1.08. The summed E-state index contributed by atoms with van der Waals surface area (Å²) in [5.41, 5.74) is 0. The summed E-state index contributed by atoms with van der Waals surface area (Å²) in [4.78, 5) is 1.36. The van der Waals surface area contributed by atoms with Crippen LogP contribution in [0.15, 0.2) is 35.2 Å². The van der Waals surface area contributed by atoms with Crippen molar-refractivity contribution in [1.82, 2.24) is 21.3 Å². The molecular formula is C20H38N4S. The minimum Gasteiger partial charge on any atom is -0.317 e. The first kappa shape index (κ1) is 22.5. The van der Waals surface area contributed by atoms with E-state index < -0.39 is 0 Å². The van der Waals surface area contributed by atoms with E-state index in [1.165, 1.54) is 30.6 Å². The molecule has 4 N–H and O–H groups in total. The highest BCUT2D eigenvalue weighted by atomic mass is 32.2. The van der Waals surface area contributed by atoms with Gasteiger partial charge in [0.15, 0.2) is 0 Å². The second kappa shape index (κ2) is 18.2. The maximum absolute atomic E-state index is 3.54. The summed E-state index contributed by atoms with van der Waals surface area (Å²) in [6, 6.07) is 10.6. The molecule has 0 aliphatic rings. The molecule has 4 nitrogen and oxygen atoms in total. The van der Waals surface area contributed by atoms with E-state index in [4.69, 9.17) is 0 Å². The molecule has 0 amide bonds. The van der Waals surface area contributed by atoms with Gasteiger partial charge in [-0.1, -0.05) is 25.1 Å². The Kier molecular flexibility index (Phi) is 16.4. The summed E-state index contributed by atoms with van der Waals surface area (Å²) in [5, 5.41) is 13.9. The fraction of sp³-hybridized carbons (Fsp3) is 0.700. The van der Waals surface area contributed by atoms with Crippen molar-refractivity contribution in [2.45, 2.75) is 37.5 Å². The molecule has 0 fully saturated rings. The molecule has 0 heterocycles. The van der Waals surface area contributed by atoms with E-state index in [-0.39, 0.29) is 0 Å². The fourth-order valence-electron chi connectivity index (χ4n) is 2.49. The zero-order chi connectivity index (χ0) is 17.8. The van der Waals surface area contributed by atoms with Gasteiger partial charge in [0.1, 0.15) is 0 Å². The quantitative estimate of drug-likeness (QED) is 0.238. The molecule has 0 unspecified atom stereocenters. The third-order valence-electron chi connectivity index (χ3n) is 3.91. The van der Waals surface area contributed by atoms with E-state index in [1.807, 2.05) is 11.8 Å². The Balaban J connectivity index is 1.69. The first-order valence-corrected chi connectivity index (χ1v) is 10.9. The number of unbranched alkanes of at least 4 members (excludes halogenated alkanes) is 1. The Morgan fingerprint density at radius 2 is 1.16 bits per heavy atom. The molecule has 0 saturated heterocycles. The maximum atomic E-state index is 3.54. The molecule has 0 atom stereocenters. The lowest BCUT2D eigenvalue weighted by Gasteiger charge is -2.07. The smallest absolute Gasteiger partial charge is 0.0106 e. The zero-order valence-corrected chi connectivity index (χ0v) is 16.8. The predicted octanol–water partition coefficient (Wildman–Crippen LogP) is 2.72. The molecule has 1 rings (SSSR count). The third-order valence-corrected chi connectivity index (χ3v) is 4.93. The van der Waals surface area contributed by atoms with Gasteiger partial charge in [-0.05, 0) is 83.6 Å². The highest BCUT2D eigenvalue weighted by molar-refractivity contribution is 7.99. The predicted molar refractivity (Wildman–Crippen MR) is 113 cm³/mol. The van der Waals surface area contributed by atoms with Crippen LogP contribution in [0.2, 0.25) is 0 Å². The molecule has 1 aromatic rings. The Hall–Kier alpha value is -0.590. The van der Waals surface area contributed by atoms with Crippen molar-refractivity contribution < 1.29 is 0 Å². The Morgan fingerprint density at radius 3 is 1.76 bits per heavy atom. The van der Waals surface area contributed by atoms with E-state index in [2.05, 4.69) is 58.5 Å². The fourth-order valence-corrected chi connectivity index (χ4v) is 3.32. The van der Waals surface area contributed by atoms with Crippen LogP contribution in [0.5, 0.6) is 0 Å². The number of hydrogen-bond donors (Lipinski definition) is 4. The Bertz CT molecular complexity index is 375. The maximum Gasteiger partial charge on any atom is 0.0106 e. The molecule has 25 heavy (non-hydrogen) atoms. The second-order valence-corrected chi connectivity index (χ2v) is 7.35. The van der Waals surface area contributed by atoms with Crippen molar-refractivity contribution in [1.29, 1.82) is 0 Å². The van der Waals surface area contributed by atoms with Gasteiger partial charge in [-0.25, -0.2) is 0 Å². The summed E-state index contributed by atoms with van der Waals surface area (Å²) in [6.45, 7) is 11.1. The van der Waals surface area contributed by atoms with Gasteiger partial charge in [-0.2, -0.15) is 0 Å². The molecule has 0 spiro atoms. The molecule has 0 radical (unpaired) electrons. The molecule has 0 saturated carbocycles. The number of nitrogens with one attached hydrogen (secondary N) is 4. The van der Waals surface area contributed by atoms with Crippen LogP contribution in [-0.4, -0.2) is 58.1 Å². The third kappa shape index (κ3) is 15.4. The van der Waals surface area contributed by atoms with Gasteiger partial charge in [-0.15, -0.1) is 11.8 Å². The summed E-state index contributed by atoms with van der Waals surface area (Å²) >= 11 is 1.92. The van der Waals surface area contributed by atoms with Crippen LogP contribution < -0.4 is 21.3 Å². The Labute approximate surface area is 159 Å². The molecule has 0 aliphatic carbocycles. The number of rotatable bonds is 18. The van der Waals surface area contributed by atoms with E-state index in [9.17, 15) is 0 Å². The van der Waals surface area contributed by atoms with E-state index in [0.29, 0.717) is 0 Å². The summed E-state index contributed by atoms with van der Waals surface area (Å²) in [5.74, 6) is 1.14. The average Bonchev–Trinajstić information content (AvgIpc) is 2.65. The molecule has 0 aliphatic heterocycles. The van der Waals surface area contributed by atoms with Gasteiger partial charge in [-0.3, -0.25) is 0 Å². The lowest BCUT2D eigenvalue weighted by Crippen LogP contribution is -2.25. The van der Waals surface area contributed by atoms with Gasteiger partial charge in [0, 0.05) is 17.2 Å². The molecular weight excluding hydrogens is 328 g/mol. The van der Waals surface area contributed by atoms with Crippen LogP contribution in [0.25, 0.3) is 0 Å². The van der Waals surface area contributed by atoms with Gasteiger partial charge in [0.05, 0.1) is 0 Å². The molecule has 144 valence electrons. The van der Waals surface area contributed by atoms with Crippen LogP contribution in [0.4, 0.5) is 0 Å². The van der Waals surface area contributed by atoms with Crippen molar-refractivity contribution in [3.05, 3.63) is 30.3 Å².